The van der Waals surface area contributed by atoms with Crippen molar-refractivity contribution >= 4 is 12.0 Å². The summed E-state index contributed by atoms with van der Waals surface area (Å²) in [6.07, 6.45) is 2.66. The Bertz CT molecular complexity index is 278. The minimum atomic E-state index is -0.791. The van der Waals surface area contributed by atoms with Crippen molar-refractivity contribution < 1.29 is 14.7 Å². The summed E-state index contributed by atoms with van der Waals surface area (Å²) in [5.41, 5.74) is 0. The van der Waals surface area contributed by atoms with Crippen LogP contribution in [0, 0.1) is 5.92 Å². The number of carboxylic acid groups (broad SMARTS) is 1. The highest BCUT2D eigenvalue weighted by molar-refractivity contribution is 5.74. The lowest BCUT2D eigenvalue weighted by molar-refractivity contribution is -0.137. The molecule has 0 spiro atoms. The second kappa shape index (κ2) is 7.92. The van der Waals surface area contributed by atoms with Crippen LogP contribution in [0.15, 0.2) is 0 Å². The third kappa shape index (κ3) is 6.44. The van der Waals surface area contributed by atoms with Gasteiger partial charge in [0.15, 0.2) is 0 Å². The molecule has 0 bridgehead atoms. The molecule has 1 aliphatic heterocycles. The first kappa shape index (κ1) is 14.8. The van der Waals surface area contributed by atoms with E-state index in [-0.39, 0.29) is 24.4 Å². The molecule has 1 aliphatic rings. The highest BCUT2D eigenvalue weighted by Gasteiger charge is 2.15. The number of nitrogens with one attached hydrogen (secondary N) is 3. The topological polar surface area (TPSA) is 90.5 Å². The standard InChI is InChI=1S/C12H23N3O3/c1-9(2-3-11(16)17)8-14-12(18)15-10-4-6-13-7-5-10/h9-10,13H,2-8H2,1H3,(H,16,17)(H2,14,15,18). The highest BCUT2D eigenvalue weighted by atomic mass is 16.4. The van der Waals surface area contributed by atoms with Crippen LogP contribution in [-0.2, 0) is 4.79 Å². The van der Waals surface area contributed by atoms with Crippen molar-refractivity contribution in [2.75, 3.05) is 19.6 Å². The maximum Gasteiger partial charge on any atom is 0.315 e. The molecule has 104 valence electrons. The van der Waals surface area contributed by atoms with Gasteiger partial charge in [0.1, 0.15) is 0 Å². The predicted molar refractivity (Wildman–Crippen MR) is 68.5 cm³/mol. The molecule has 0 aliphatic carbocycles. The van der Waals surface area contributed by atoms with Crippen LogP contribution in [0.4, 0.5) is 4.79 Å². The summed E-state index contributed by atoms with van der Waals surface area (Å²) in [5, 5.41) is 17.5. The van der Waals surface area contributed by atoms with Gasteiger partial charge in [0.25, 0.3) is 0 Å². The van der Waals surface area contributed by atoms with E-state index in [1.54, 1.807) is 0 Å². The van der Waals surface area contributed by atoms with Crippen LogP contribution in [0.2, 0.25) is 0 Å². The van der Waals surface area contributed by atoms with E-state index in [1.807, 2.05) is 6.92 Å². The summed E-state index contributed by atoms with van der Waals surface area (Å²) in [6.45, 7) is 4.34. The third-order valence-corrected chi connectivity index (χ3v) is 3.14. The van der Waals surface area contributed by atoms with Crippen LogP contribution in [0.25, 0.3) is 0 Å². The number of piperidine rings is 1. The number of hydrogen-bond donors (Lipinski definition) is 4. The monoisotopic (exact) mass is 257 g/mol. The maximum absolute atomic E-state index is 11.6. The largest absolute Gasteiger partial charge is 0.481 e. The van der Waals surface area contributed by atoms with Gasteiger partial charge in [-0.3, -0.25) is 4.79 Å². The fourth-order valence-electron chi connectivity index (χ4n) is 1.94. The van der Waals surface area contributed by atoms with E-state index in [2.05, 4.69) is 16.0 Å². The molecular formula is C12H23N3O3. The molecular weight excluding hydrogens is 234 g/mol. The zero-order valence-electron chi connectivity index (χ0n) is 10.9. The average molecular weight is 257 g/mol. The van der Waals surface area contributed by atoms with Gasteiger partial charge in [-0.1, -0.05) is 6.92 Å². The molecule has 6 nitrogen and oxygen atoms in total. The number of aliphatic carboxylic acids is 1. The number of carboxylic acids is 1. The molecule has 0 aromatic carbocycles. The first-order valence-electron chi connectivity index (χ1n) is 6.55. The molecule has 1 rings (SSSR count). The molecule has 1 atom stereocenters. The second-order valence-corrected chi connectivity index (χ2v) is 4.92. The fraction of sp³-hybridized carbons (Fsp3) is 0.833. The van der Waals surface area contributed by atoms with E-state index in [0.717, 1.165) is 25.9 Å². The van der Waals surface area contributed by atoms with E-state index in [4.69, 9.17) is 5.11 Å². The van der Waals surface area contributed by atoms with Crippen LogP contribution in [0.1, 0.15) is 32.6 Å². The summed E-state index contributed by atoms with van der Waals surface area (Å²) in [5.74, 6) is -0.610. The van der Waals surface area contributed by atoms with Crippen molar-refractivity contribution in [1.29, 1.82) is 0 Å². The average Bonchev–Trinajstić information content (AvgIpc) is 2.35. The molecule has 0 radical (unpaired) electrons. The van der Waals surface area contributed by atoms with Gasteiger partial charge < -0.3 is 21.1 Å². The number of urea groups is 1. The number of carbonyl (C=O) groups excluding carboxylic acids is 1. The molecule has 6 heteroatoms. The smallest absolute Gasteiger partial charge is 0.315 e. The van der Waals surface area contributed by atoms with Crippen molar-refractivity contribution in [2.45, 2.75) is 38.6 Å². The Morgan fingerprint density at radius 3 is 2.67 bits per heavy atom. The Hall–Kier alpha value is -1.30. The van der Waals surface area contributed by atoms with E-state index in [0.29, 0.717) is 13.0 Å². The maximum atomic E-state index is 11.6. The van der Waals surface area contributed by atoms with Gasteiger partial charge in [0.2, 0.25) is 0 Å². The van der Waals surface area contributed by atoms with Crippen LogP contribution in [0.5, 0.6) is 0 Å². The van der Waals surface area contributed by atoms with Gasteiger partial charge in [0, 0.05) is 19.0 Å². The molecule has 0 aromatic rings. The highest BCUT2D eigenvalue weighted by Crippen LogP contribution is 2.04. The number of amides is 2. The lowest BCUT2D eigenvalue weighted by atomic mass is 10.1. The molecule has 0 aromatic heterocycles. The molecule has 2 amide bonds. The SMILES string of the molecule is CC(CCC(=O)O)CNC(=O)NC1CCNCC1. The quantitative estimate of drug-likeness (QED) is 0.559. The van der Waals surface area contributed by atoms with E-state index in [1.165, 1.54) is 0 Å². The van der Waals surface area contributed by atoms with Crippen molar-refractivity contribution in [3.8, 4) is 0 Å². The third-order valence-electron chi connectivity index (χ3n) is 3.14. The predicted octanol–water partition coefficient (Wildman–Crippen LogP) is 0.539. The molecule has 4 N–H and O–H groups in total. The Labute approximate surface area is 108 Å². The Kier molecular flexibility index (Phi) is 6.49. The number of carbonyl (C=O) groups is 2. The van der Waals surface area contributed by atoms with Crippen molar-refractivity contribution in [3.05, 3.63) is 0 Å². The van der Waals surface area contributed by atoms with Crippen LogP contribution < -0.4 is 16.0 Å². The minimum Gasteiger partial charge on any atom is -0.481 e. The summed E-state index contributed by atoms with van der Waals surface area (Å²) < 4.78 is 0. The summed E-state index contributed by atoms with van der Waals surface area (Å²) in [6, 6.07) is 0.102. The summed E-state index contributed by atoms with van der Waals surface area (Å²) >= 11 is 0. The van der Waals surface area contributed by atoms with Gasteiger partial charge in [-0.2, -0.15) is 0 Å². The van der Waals surface area contributed by atoms with Crippen molar-refractivity contribution in [3.63, 3.8) is 0 Å². The van der Waals surface area contributed by atoms with Gasteiger partial charge in [-0.15, -0.1) is 0 Å². The van der Waals surface area contributed by atoms with Gasteiger partial charge >= 0.3 is 12.0 Å². The second-order valence-electron chi connectivity index (χ2n) is 4.92. The van der Waals surface area contributed by atoms with Gasteiger partial charge in [-0.05, 0) is 38.3 Å². The van der Waals surface area contributed by atoms with Crippen LogP contribution in [0.3, 0.4) is 0 Å². The summed E-state index contributed by atoms with van der Waals surface area (Å²) in [4.78, 5) is 22.0. The lowest BCUT2D eigenvalue weighted by Crippen LogP contribution is -2.47. The first-order chi connectivity index (χ1) is 8.58. The molecule has 1 unspecified atom stereocenters. The van der Waals surface area contributed by atoms with Gasteiger partial charge in [0.05, 0.1) is 0 Å². The van der Waals surface area contributed by atoms with Crippen LogP contribution in [-0.4, -0.2) is 42.8 Å². The molecule has 1 heterocycles. The van der Waals surface area contributed by atoms with Crippen molar-refractivity contribution in [1.82, 2.24) is 16.0 Å². The van der Waals surface area contributed by atoms with Gasteiger partial charge in [-0.25, -0.2) is 4.79 Å². The van der Waals surface area contributed by atoms with E-state index in [9.17, 15) is 9.59 Å². The first-order valence-corrected chi connectivity index (χ1v) is 6.55. The molecule has 1 saturated heterocycles. The van der Waals surface area contributed by atoms with Crippen LogP contribution >= 0.6 is 0 Å². The fourth-order valence-corrected chi connectivity index (χ4v) is 1.94. The summed E-state index contributed by atoms with van der Waals surface area (Å²) in [7, 11) is 0. The number of hydrogen-bond acceptors (Lipinski definition) is 3. The zero-order chi connectivity index (χ0) is 13.4. The zero-order valence-corrected chi connectivity index (χ0v) is 10.9. The Morgan fingerprint density at radius 1 is 1.39 bits per heavy atom. The normalized spacial score (nSPS) is 18.1. The molecule has 0 saturated carbocycles. The molecule has 1 fully saturated rings. The Balaban J connectivity index is 2.10. The lowest BCUT2D eigenvalue weighted by Gasteiger charge is -2.24. The molecule has 18 heavy (non-hydrogen) atoms. The van der Waals surface area contributed by atoms with E-state index < -0.39 is 5.97 Å². The van der Waals surface area contributed by atoms with E-state index >= 15 is 0 Å². The Morgan fingerprint density at radius 2 is 2.06 bits per heavy atom. The minimum absolute atomic E-state index is 0.149. The van der Waals surface area contributed by atoms with Crippen molar-refractivity contribution in [2.24, 2.45) is 5.92 Å². The number of rotatable bonds is 6.